The van der Waals surface area contributed by atoms with Crippen LogP contribution >= 0.6 is 0 Å². The molecule has 0 bridgehead atoms. The summed E-state index contributed by atoms with van der Waals surface area (Å²) >= 11 is 0. The number of nitrogens with one attached hydrogen (secondary N) is 1. The Labute approximate surface area is 96.8 Å². The molecule has 1 heterocycles. The molecule has 0 fully saturated rings. The molecule has 1 atom stereocenters. The van der Waals surface area contributed by atoms with Gasteiger partial charge in [-0.3, -0.25) is 4.79 Å². The maximum Gasteiger partial charge on any atom is 0.270 e. The van der Waals surface area contributed by atoms with E-state index in [2.05, 4.69) is 25.8 Å². The fourth-order valence-electron chi connectivity index (χ4n) is 1.77. The summed E-state index contributed by atoms with van der Waals surface area (Å²) in [6, 6.07) is 1.90. The van der Waals surface area contributed by atoms with Crippen LogP contribution in [0.2, 0.25) is 0 Å². The Bertz CT molecular complexity index is 357. The van der Waals surface area contributed by atoms with Crippen LogP contribution in [-0.4, -0.2) is 28.9 Å². The monoisotopic (exact) mass is 223 g/mol. The summed E-state index contributed by atoms with van der Waals surface area (Å²) in [7, 11) is 1.83. The Kier molecular flexibility index (Phi) is 3.99. The minimum absolute atomic E-state index is 0.00940. The van der Waals surface area contributed by atoms with Gasteiger partial charge >= 0.3 is 0 Å². The van der Waals surface area contributed by atoms with Crippen LogP contribution in [-0.2, 0) is 0 Å². The van der Waals surface area contributed by atoms with Gasteiger partial charge in [0.1, 0.15) is 5.69 Å². The summed E-state index contributed by atoms with van der Waals surface area (Å²) in [5.74, 6) is 0.573. The number of carbonyl (C=O) groups excluding carboxylic acids is 1. The van der Waals surface area contributed by atoms with E-state index in [1.165, 1.54) is 0 Å². The number of hydrogen-bond acceptors (Lipinski definition) is 2. The fourth-order valence-corrected chi connectivity index (χ4v) is 1.77. The first-order valence-corrected chi connectivity index (χ1v) is 5.63. The average molecular weight is 223 g/mol. The number of nitrogens with two attached hydrogens (primary N) is 1. The fraction of sp³-hybridized carbons (Fsp3) is 0.583. The van der Waals surface area contributed by atoms with Gasteiger partial charge in [-0.1, -0.05) is 13.8 Å². The minimum Gasteiger partial charge on any atom is -0.397 e. The van der Waals surface area contributed by atoms with Crippen LogP contribution in [0.25, 0.3) is 0 Å². The Morgan fingerprint density at radius 3 is 2.56 bits per heavy atom. The first-order chi connectivity index (χ1) is 7.41. The van der Waals surface area contributed by atoms with E-state index >= 15 is 0 Å². The first-order valence-electron chi connectivity index (χ1n) is 5.63. The number of carbonyl (C=O) groups is 1. The summed E-state index contributed by atoms with van der Waals surface area (Å²) in [6.07, 6.45) is 2.63. The molecule has 1 aromatic rings. The van der Waals surface area contributed by atoms with Gasteiger partial charge in [-0.2, -0.15) is 0 Å². The van der Waals surface area contributed by atoms with Crippen LogP contribution in [0.15, 0.2) is 12.3 Å². The van der Waals surface area contributed by atoms with E-state index in [0.717, 1.165) is 6.42 Å². The summed E-state index contributed by atoms with van der Waals surface area (Å²) in [4.78, 5) is 16.7. The molecule has 1 amide bonds. The maximum absolute atomic E-state index is 12.0. The summed E-state index contributed by atoms with van der Waals surface area (Å²) < 4.78 is 0. The molecule has 16 heavy (non-hydrogen) atoms. The highest BCUT2D eigenvalue weighted by Crippen LogP contribution is 2.13. The topological polar surface area (TPSA) is 62.1 Å². The predicted octanol–water partition coefficient (Wildman–Crippen LogP) is 2.10. The van der Waals surface area contributed by atoms with E-state index < -0.39 is 0 Å². The molecular formula is C12H21N3O. The van der Waals surface area contributed by atoms with Gasteiger partial charge in [0.25, 0.3) is 5.91 Å². The number of aromatic nitrogens is 1. The molecule has 4 nitrogen and oxygen atoms in total. The Balaban J connectivity index is 2.67. The molecule has 3 N–H and O–H groups in total. The van der Waals surface area contributed by atoms with Gasteiger partial charge in [-0.25, -0.2) is 0 Å². The third-order valence-corrected chi connectivity index (χ3v) is 2.73. The lowest BCUT2D eigenvalue weighted by molar-refractivity contribution is 0.0723. The number of nitrogen functional groups attached to an aromatic ring is 1. The zero-order valence-corrected chi connectivity index (χ0v) is 10.4. The summed E-state index contributed by atoms with van der Waals surface area (Å²) in [5.41, 5.74) is 6.71. The van der Waals surface area contributed by atoms with Crippen LogP contribution in [0.3, 0.4) is 0 Å². The molecule has 4 heteroatoms. The third kappa shape index (κ3) is 3.02. The van der Waals surface area contributed by atoms with E-state index in [0.29, 0.717) is 17.3 Å². The predicted molar refractivity (Wildman–Crippen MR) is 66.2 cm³/mol. The number of H-pyrrole nitrogens is 1. The molecule has 0 saturated heterocycles. The highest BCUT2D eigenvalue weighted by Gasteiger charge is 2.19. The second kappa shape index (κ2) is 5.05. The van der Waals surface area contributed by atoms with Gasteiger partial charge < -0.3 is 15.6 Å². The Morgan fingerprint density at radius 2 is 2.12 bits per heavy atom. The zero-order chi connectivity index (χ0) is 12.3. The molecule has 90 valence electrons. The molecule has 0 spiro atoms. The molecule has 0 saturated carbocycles. The van der Waals surface area contributed by atoms with Crippen LogP contribution in [0.5, 0.6) is 0 Å². The molecule has 1 unspecified atom stereocenters. The van der Waals surface area contributed by atoms with Gasteiger partial charge in [0.2, 0.25) is 0 Å². The van der Waals surface area contributed by atoms with E-state index in [-0.39, 0.29) is 11.9 Å². The zero-order valence-electron chi connectivity index (χ0n) is 10.4. The van der Waals surface area contributed by atoms with Crippen molar-refractivity contribution in [3.63, 3.8) is 0 Å². The maximum atomic E-state index is 12.0. The minimum atomic E-state index is -0.00940. The highest BCUT2D eigenvalue weighted by atomic mass is 16.2. The number of amides is 1. The lowest BCUT2D eigenvalue weighted by atomic mass is 10.0. The normalized spacial score (nSPS) is 12.8. The van der Waals surface area contributed by atoms with Crippen molar-refractivity contribution in [2.24, 2.45) is 5.92 Å². The molecule has 0 aliphatic heterocycles. The molecular weight excluding hydrogens is 202 g/mol. The largest absolute Gasteiger partial charge is 0.397 e. The lowest BCUT2D eigenvalue weighted by Crippen LogP contribution is -2.36. The smallest absolute Gasteiger partial charge is 0.270 e. The summed E-state index contributed by atoms with van der Waals surface area (Å²) in [6.45, 7) is 6.37. The van der Waals surface area contributed by atoms with E-state index in [1.807, 2.05) is 7.05 Å². The standard InChI is InChI=1S/C12H21N3O/c1-8(2)5-9(3)15(4)12(16)11-6-10(13)7-14-11/h6-9,14H,5,13H2,1-4H3. The van der Waals surface area contributed by atoms with E-state index in [1.54, 1.807) is 17.2 Å². The average Bonchev–Trinajstić information content (AvgIpc) is 2.61. The van der Waals surface area contributed by atoms with Crippen LogP contribution < -0.4 is 5.73 Å². The number of anilines is 1. The van der Waals surface area contributed by atoms with Gasteiger partial charge in [0.15, 0.2) is 0 Å². The van der Waals surface area contributed by atoms with E-state index in [9.17, 15) is 4.79 Å². The summed E-state index contributed by atoms with van der Waals surface area (Å²) in [5, 5.41) is 0. The first kappa shape index (κ1) is 12.6. The second-order valence-corrected chi connectivity index (χ2v) is 4.74. The number of hydrogen-bond donors (Lipinski definition) is 2. The van der Waals surface area contributed by atoms with Crippen LogP contribution in [0, 0.1) is 5.92 Å². The van der Waals surface area contributed by atoms with Crippen LogP contribution in [0.4, 0.5) is 5.69 Å². The third-order valence-electron chi connectivity index (χ3n) is 2.73. The Morgan fingerprint density at radius 1 is 1.50 bits per heavy atom. The van der Waals surface area contributed by atoms with Crippen molar-refractivity contribution in [3.05, 3.63) is 18.0 Å². The van der Waals surface area contributed by atoms with Gasteiger partial charge in [-0.15, -0.1) is 0 Å². The number of aromatic amines is 1. The molecule has 0 aliphatic carbocycles. The number of rotatable bonds is 4. The molecule has 0 aromatic carbocycles. The van der Waals surface area contributed by atoms with Crippen molar-refractivity contribution >= 4 is 11.6 Å². The van der Waals surface area contributed by atoms with Crippen molar-refractivity contribution in [1.82, 2.24) is 9.88 Å². The quantitative estimate of drug-likeness (QED) is 0.821. The van der Waals surface area contributed by atoms with E-state index in [4.69, 9.17) is 5.73 Å². The van der Waals surface area contributed by atoms with Crippen molar-refractivity contribution in [3.8, 4) is 0 Å². The van der Waals surface area contributed by atoms with Crippen LogP contribution in [0.1, 0.15) is 37.7 Å². The SMILES string of the molecule is CC(C)CC(C)N(C)C(=O)c1cc(N)c[nH]1. The van der Waals surface area contributed by atoms with Crippen molar-refractivity contribution in [2.45, 2.75) is 33.2 Å². The van der Waals surface area contributed by atoms with Gasteiger partial charge in [0, 0.05) is 25.0 Å². The second-order valence-electron chi connectivity index (χ2n) is 4.74. The van der Waals surface area contributed by atoms with Crippen molar-refractivity contribution in [1.29, 1.82) is 0 Å². The van der Waals surface area contributed by atoms with Gasteiger partial charge in [0.05, 0.1) is 0 Å². The molecule has 1 aromatic heterocycles. The number of nitrogens with zero attached hydrogens (tertiary/aromatic N) is 1. The molecule has 0 radical (unpaired) electrons. The van der Waals surface area contributed by atoms with Crippen molar-refractivity contribution < 1.29 is 4.79 Å². The molecule has 1 rings (SSSR count). The highest BCUT2D eigenvalue weighted by molar-refractivity contribution is 5.93. The Hall–Kier alpha value is -1.45. The van der Waals surface area contributed by atoms with Crippen molar-refractivity contribution in [2.75, 3.05) is 12.8 Å². The van der Waals surface area contributed by atoms with Gasteiger partial charge in [-0.05, 0) is 25.3 Å². The lowest BCUT2D eigenvalue weighted by Gasteiger charge is -2.25. The molecule has 0 aliphatic rings.